The molecule has 3 heteroatoms. The van der Waals surface area contributed by atoms with Gasteiger partial charge in [0.2, 0.25) is 0 Å². The number of rotatable bonds is 2. The molecule has 2 fully saturated rings. The molecule has 3 nitrogen and oxygen atoms in total. The third-order valence-electron chi connectivity index (χ3n) is 4.17. The Morgan fingerprint density at radius 2 is 1.81 bits per heavy atom. The molecule has 2 unspecified atom stereocenters. The van der Waals surface area contributed by atoms with E-state index in [0.29, 0.717) is 12.1 Å². The monoisotopic (exact) mass is 222 g/mol. The predicted octanol–water partition coefficient (Wildman–Crippen LogP) is 2.18. The summed E-state index contributed by atoms with van der Waals surface area (Å²) in [7, 11) is 1.80. The van der Waals surface area contributed by atoms with Crippen LogP contribution in [-0.4, -0.2) is 37.2 Å². The van der Waals surface area contributed by atoms with Crippen molar-refractivity contribution < 1.29 is 4.74 Å². The molecule has 0 amide bonds. The van der Waals surface area contributed by atoms with Crippen LogP contribution in [0.4, 0.5) is 0 Å². The van der Waals surface area contributed by atoms with Crippen LogP contribution in [0.2, 0.25) is 0 Å². The number of hydrogen-bond acceptors (Lipinski definition) is 3. The van der Waals surface area contributed by atoms with Gasteiger partial charge in [0, 0.05) is 26.2 Å². The Bertz CT molecular complexity index is 253. The fourth-order valence-electron chi connectivity index (χ4n) is 3.14. The summed E-state index contributed by atoms with van der Waals surface area (Å²) < 4.78 is 5.39. The minimum atomic E-state index is 0.271. The second-order valence-electron chi connectivity index (χ2n) is 5.06. The van der Waals surface area contributed by atoms with E-state index >= 15 is 0 Å². The summed E-state index contributed by atoms with van der Waals surface area (Å²) in [6.07, 6.45) is 7.56. The Morgan fingerprint density at radius 1 is 1.12 bits per heavy atom. The predicted molar refractivity (Wildman–Crippen MR) is 63.0 cm³/mol. The highest BCUT2D eigenvalue weighted by atomic mass is 16.5. The molecule has 2 rings (SSSR count). The summed E-state index contributed by atoms with van der Waals surface area (Å²) in [4.78, 5) is 2.53. The van der Waals surface area contributed by atoms with E-state index in [4.69, 9.17) is 4.74 Å². The Kier molecular flexibility index (Phi) is 4.20. The maximum Gasteiger partial charge on any atom is 0.0672 e. The maximum atomic E-state index is 9.19. The molecule has 2 aliphatic rings. The second kappa shape index (κ2) is 5.65. The highest BCUT2D eigenvalue weighted by molar-refractivity contribution is 4.96. The average molecular weight is 222 g/mol. The lowest BCUT2D eigenvalue weighted by atomic mass is 9.83. The van der Waals surface area contributed by atoms with E-state index in [2.05, 4.69) is 11.0 Å². The largest absolute Gasteiger partial charge is 0.381 e. The first-order valence-corrected chi connectivity index (χ1v) is 6.51. The van der Waals surface area contributed by atoms with Crippen molar-refractivity contribution in [3.05, 3.63) is 0 Å². The first-order valence-electron chi connectivity index (χ1n) is 6.51. The topological polar surface area (TPSA) is 36.3 Å². The number of ether oxygens (including phenoxy) is 1. The van der Waals surface area contributed by atoms with Crippen molar-refractivity contribution in [2.24, 2.45) is 5.92 Å². The zero-order chi connectivity index (χ0) is 11.4. The molecule has 0 spiro atoms. The van der Waals surface area contributed by atoms with Crippen LogP contribution in [0.15, 0.2) is 0 Å². The van der Waals surface area contributed by atoms with Crippen molar-refractivity contribution in [3.8, 4) is 6.07 Å². The fourth-order valence-corrected chi connectivity index (χ4v) is 3.14. The van der Waals surface area contributed by atoms with Gasteiger partial charge in [-0.25, -0.2) is 0 Å². The molecular formula is C13H22N2O. The highest BCUT2D eigenvalue weighted by Crippen LogP contribution is 2.30. The smallest absolute Gasteiger partial charge is 0.0672 e. The summed E-state index contributed by atoms with van der Waals surface area (Å²) in [6.45, 7) is 2.22. The fraction of sp³-hybridized carbons (Fsp3) is 0.923. The Balaban J connectivity index is 1.89. The van der Waals surface area contributed by atoms with Crippen molar-refractivity contribution in [1.29, 1.82) is 5.26 Å². The van der Waals surface area contributed by atoms with Crippen LogP contribution in [0.3, 0.4) is 0 Å². The third-order valence-corrected chi connectivity index (χ3v) is 4.17. The van der Waals surface area contributed by atoms with E-state index in [-0.39, 0.29) is 5.92 Å². The third kappa shape index (κ3) is 2.56. The number of methoxy groups -OCH3 is 1. The molecule has 2 atom stereocenters. The van der Waals surface area contributed by atoms with Gasteiger partial charge >= 0.3 is 0 Å². The van der Waals surface area contributed by atoms with Crippen LogP contribution in [0, 0.1) is 17.2 Å². The SMILES string of the molecule is COC1CCN(C2CCCCC2C#N)CC1. The molecule has 1 saturated carbocycles. The lowest BCUT2D eigenvalue weighted by Gasteiger charge is -2.41. The number of nitrogens with zero attached hydrogens (tertiary/aromatic N) is 2. The zero-order valence-corrected chi connectivity index (χ0v) is 10.2. The van der Waals surface area contributed by atoms with Crippen LogP contribution in [-0.2, 0) is 4.74 Å². The van der Waals surface area contributed by atoms with Gasteiger partial charge in [0.15, 0.2) is 0 Å². The number of nitriles is 1. The lowest BCUT2D eigenvalue weighted by molar-refractivity contribution is 0.0141. The van der Waals surface area contributed by atoms with Gasteiger partial charge in [-0.05, 0) is 25.7 Å². The van der Waals surface area contributed by atoms with E-state index in [1.807, 2.05) is 0 Å². The van der Waals surface area contributed by atoms with Gasteiger partial charge in [-0.1, -0.05) is 12.8 Å². The van der Waals surface area contributed by atoms with Gasteiger partial charge < -0.3 is 4.74 Å². The van der Waals surface area contributed by atoms with Crippen LogP contribution >= 0.6 is 0 Å². The summed E-state index contributed by atoms with van der Waals surface area (Å²) in [5.41, 5.74) is 0. The molecule has 0 radical (unpaired) electrons. The standard InChI is InChI=1S/C13H22N2O/c1-16-12-6-8-15(9-7-12)13-5-3-2-4-11(13)10-14/h11-13H,2-9H2,1H3. The zero-order valence-electron chi connectivity index (χ0n) is 10.2. The second-order valence-corrected chi connectivity index (χ2v) is 5.06. The van der Waals surface area contributed by atoms with Gasteiger partial charge in [0.05, 0.1) is 18.1 Å². The molecule has 0 aromatic carbocycles. The number of likely N-dealkylation sites (tertiary alicyclic amines) is 1. The first-order chi connectivity index (χ1) is 7.85. The minimum Gasteiger partial charge on any atom is -0.381 e. The Hall–Kier alpha value is -0.590. The molecule has 1 saturated heterocycles. The van der Waals surface area contributed by atoms with Crippen LogP contribution in [0.1, 0.15) is 38.5 Å². The van der Waals surface area contributed by atoms with Crippen molar-refractivity contribution in [1.82, 2.24) is 4.90 Å². The lowest BCUT2D eigenvalue weighted by Crippen LogP contribution is -2.47. The molecule has 90 valence electrons. The Labute approximate surface area is 98.4 Å². The van der Waals surface area contributed by atoms with Gasteiger partial charge in [-0.15, -0.1) is 0 Å². The Morgan fingerprint density at radius 3 is 2.44 bits per heavy atom. The van der Waals surface area contributed by atoms with Crippen molar-refractivity contribution in [2.75, 3.05) is 20.2 Å². The quantitative estimate of drug-likeness (QED) is 0.718. The summed E-state index contributed by atoms with van der Waals surface area (Å²) in [5, 5.41) is 9.19. The molecule has 1 heterocycles. The summed E-state index contributed by atoms with van der Waals surface area (Å²) in [5.74, 6) is 0.271. The van der Waals surface area contributed by atoms with Gasteiger partial charge in [-0.2, -0.15) is 5.26 Å². The van der Waals surface area contributed by atoms with Gasteiger partial charge in [0.1, 0.15) is 0 Å². The maximum absolute atomic E-state index is 9.19. The van der Waals surface area contributed by atoms with Crippen LogP contribution in [0.5, 0.6) is 0 Å². The normalized spacial score (nSPS) is 33.5. The molecule has 1 aliphatic heterocycles. The van der Waals surface area contributed by atoms with Gasteiger partial charge in [-0.3, -0.25) is 4.90 Å². The van der Waals surface area contributed by atoms with E-state index in [9.17, 15) is 5.26 Å². The average Bonchev–Trinajstić information content (AvgIpc) is 2.39. The summed E-state index contributed by atoms with van der Waals surface area (Å²) in [6, 6.07) is 3.03. The van der Waals surface area contributed by atoms with Crippen molar-refractivity contribution in [2.45, 2.75) is 50.7 Å². The highest BCUT2D eigenvalue weighted by Gasteiger charge is 2.32. The molecule has 0 bridgehead atoms. The van der Waals surface area contributed by atoms with Crippen LogP contribution in [0.25, 0.3) is 0 Å². The first kappa shape index (κ1) is 11.9. The molecule has 1 aliphatic carbocycles. The molecule has 0 aromatic heterocycles. The molecular weight excluding hydrogens is 200 g/mol. The van der Waals surface area contributed by atoms with E-state index in [0.717, 1.165) is 32.4 Å². The van der Waals surface area contributed by atoms with E-state index < -0.39 is 0 Å². The van der Waals surface area contributed by atoms with E-state index in [1.165, 1.54) is 19.3 Å². The number of piperidine rings is 1. The number of hydrogen-bond donors (Lipinski definition) is 0. The summed E-state index contributed by atoms with van der Waals surface area (Å²) >= 11 is 0. The van der Waals surface area contributed by atoms with Crippen molar-refractivity contribution in [3.63, 3.8) is 0 Å². The van der Waals surface area contributed by atoms with Crippen molar-refractivity contribution >= 4 is 0 Å². The van der Waals surface area contributed by atoms with Gasteiger partial charge in [0.25, 0.3) is 0 Å². The minimum absolute atomic E-state index is 0.271. The molecule has 0 aromatic rings. The molecule has 0 N–H and O–H groups in total. The molecule has 16 heavy (non-hydrogen) atoms. The van der Waals surface area contributed by atoms with Crippen LogP contribution < -0.4 is 0 Å². The van der Waals surface area contributed by atoms with E-state index in [1.54, 1.807) is 7.11 Å².